The zero-order valence-corrected chi connectivity index (χ0v) is 9.92. The smallest absolute Gasteiger partial charge is 0.199 e. The van der Waals surface area contributed by atoms with Crippen LogP contribution >= 0.6 is 0 Å². The summed E-state index contributed by atoms with van der Waals surface area (Å²) in [6, 6.07) is 6.89. The standard InChI is InChI=1S/C12H16O2S/c1-3-4-5-10-15(13,14)12-8-6-11(2)7-9-12/h5-10H,3-4H2,1-2H3/b10-5-. The predicted octanol–water partition coefficient (Wildman–Crippen LogP) is 3.08. The molecule has 0 radical (unpaired) electrons. The first-order valence-electron chi connectivity index (χ1n) is 5.04. The first-order valence-corrected chi connectivity index (χ1v) is 6.59. The Kier molecular flexibility index (Phi) is 4.09. The summed E-state index contributed by atoms with van der Waals surface area (Å²) in [5.74, 6) is 0. The minimum Gasteiger partial charge on any atom is -0.219 e. The third kappa shape index (κ3) is 3.51. The molecule has 0 atom stereocenters. The first-order chi connectivity index (χ1) is 7.06. The van der Waals surface area contributed by atoms with Crippen molar-refractivity contribution in [3.63, 3.8) is 0 Å². The zero-order valence-electron chi connectivity index (χ0n) is 9.10. The number of sulfone groups is 1. The van der Waals surface area contributed by atoms with E-state index in [9.17, 15) is 8.42 Å². The number of hydrogen-bond acceptors (Lipinski definition) is 2. The minimum atomic E-state index is -3.23. The second kappa shape index (κ2) is 5.12. The van der Waals surface area contributed by atoms with Crippen LogP contribution in [0.25, 0.3) is 0 Å². The normalized spacial score (nSPS) is 12.1. The highest BCUT2D eigenvalue weighted by Gasteiger charge is 2.08. The maximum Gasteiger partial charge on any atom is 0.199 e. The maximum absolute atomic E-state index is 11.7. The van der Waals surface area contributed by atoms with Crippen LogP contribution in [-0.4, -0.2) is 8.42 Å². The largest absolute Gasteiger partial charge is 0.219 e. The third-order valence-corrected chi connectivity index (χ3v) is 3.56. The van der Waals surface area contributed by atoms with E-state index in [2.05, 4.69) is 0 Å². The molecule has 1 rings (SSSR count). The molecule has 0 aliphatic carbocycles. The highest BCUT2D eigenvalue weighted by atomic mass is 32.2. The van der Waals surface area contributed by atoms with Crippen molar-refractivity contribution in [2.45, 2.75) is 31.6 Å². The Morgan fingerprint density at radius 1 is 1.20 bits per heavy atom. The molecule has 0 heterocycles. The minimum absolute atomic E-state index is 0.362. The molecule has 3 heteroatoms. The van der Waals surface area contributed by atoms with E-state index in [0.717, 1.165) is 18.4 Å². The molecule has 0 bridgehead atoms. The molecule has 0 spiro atoms. The summed E-state index contributed by atoms with van der Waals surface area (Å²) in [5, 5.41) is 1.29. The summed E-state index contributed by atoms with van der Waals surface area (Å²) in [7, 11) is -3.23. The average molecular weight is 224 g/mol. The molecule has 0 aromatic heterocycles. The highest BCUT2D eigenvalue weighted by Crippen LogP contribution is 2.13. The van der Waals surface area contributed by atoms with E-state index in [0.29, 0.717) is 4.90 Å². The van der Waals surface area contributed by atoms with Crippen LogP contribution in [0.3, 0.4) is 0 Å². The fourth-order valence-electron chi connectivity index (χ4n) is 1.17. The Hall–Kier alpha value is -1.09. The number of benzene rings is 1. The van der Waals surface area contributed by atoms with Gasteiger partial charge < -0.3 is 0 Å². The summed E-state index contributed by atoms with van der Waals surface area (Å²) >= 11 is 0. The molecule has 0 saturated carbocycles. The van der Waals surface area contributed by atoms with Gasteiger partial charge in [0.15, 0.2) is 9.84 Å². The van der Waals surface area contributed by atoms with Gasteiger partial charge in [-0.25, -0.2) is 8.42 Å². The number of rotatable bonds is 4. The van der Waals surface area contributed by atoms with Gasteiger partial charge in [0, 0.05) is 5.41 Å². The first kappa shape index (κ1) is 12.0. The van der Waals surface area contributed by atoms with Crippen molar-refractivity contribution in [1.82, 2.24) is 0 Å². The van der Waals surface area contributed by atoms with Gasteiger partial charge in [-0.05, 0) is 25.5 Å². The van der Waals surface area contributed by atoms with Gasteiger partial charge in [0.1, 0.15) is 0 Å². The highest BCUT2D eigenvalue weighted by molar-refractivity contribution is 7.94. The van der Waals surface area contributed by atoms with Crippen molar-refractivity contribution >= 4 is 9.84 Å². The number of hydrogen-bond donors (Lipinski definition) is 0. The molecule has 0 aliphatic heterocycles. The predicted molar refractivity (Wildman–Crippen MR) is 62.4 cm³/mol. The number of aryl methyl sites for hydroxylation is 1. The van der Waals surface area contributed by atoms with Gasteiger partial charge in [-0.3, -0.25) is 0 Å². The van der Waals surface area contributed by atoms with Crippen LogP contribution in [0.4, 0.5) is 0 Å². The molecular weight excluding hydrogens is 208 g/mol. The Balaban J connectivity index is 2.91. The van der Waals surface area contributed by atoms with Crippen LogP contribution in [0, 0.1) is 6.92 Å². The summed E-state index contributed by atoms with van der Waals surface area (Å²) in [6.45, 7) is 3.95. The van der Waals surface area contributed by atoms with E-state index >= 15 is 0 Å². The third-order valence-electron chi connectivity index (χ3n) is 2.08. The lowest BCUT2D eigenvalue weighted by atomic mass is 10.2. The van der Waals surface area contributed by atoms with Gasteiger partial charge in [-0.1, -0.05) is 37.1 Å². The molecular formula is C12H16O2S. The van der Waals surface area contributed by atoms with E-state index in [-0.39, 0.29) is 0 Å². The average Bonchev–Trinajstić information content (AvgIpc) is 2.18. The lowest BCUT2D eigenvalue weighted by Gasteiger charge is -1.99. The monoisotopic (exact) mass is 224 g/mol. The molecule has 0 amide bonds. The van der Waals surface area contributed by atoms with Gasteiger partial charge in [0.2, 0.25) is 0 Å². The zero-order chi connectivity index (χ0) is 11.3. The molecule has 0 N–H and O–H groups in total. The van der Waals surface area contributed by atoms with E-state index in [1.807, 2.05) is 13.8 Å². The lowest BCUT2D eigenvalue weighted by Crippen LogP contribution is -1.95. The van der Waals surface area contributed by atoms with Gasteiger partial charge in [0.25, 0.3) is 0 Å². The summed E-state index contributed by atoms with van der Waals surface area (Å²) in [6.07, 6.45) is 3.46. The van der Waals surface area contributed by atoms with Crippen LogP contribution in [0.1, 0.15) is 25.3 Å². The van der Waals surface area contributed by atoms with Crippen LogP contribution in [0.2, 0.25) is 0 Å². The Morgan fingerprint density at radius 2 is 1.80 bits per heavy atom. The molecule has 0 unspecified atom stereocenters. The fourth-order valence-corrected chi connectivity index (χ4v) is 2.23. The summed E-state index contributed by atoms with van der Waals surface area (Å²) in [4.78, 5) is 0.362. The van der Waals surface area contributed by atoms with Crippen molar-refractivity contribution in [2.24, 2.45) is 0 Å². The van der Waals surface area contributed by atoms with E-state index < -0.39 is 9.84 Å². The van der Waals surface area contributed by atoms with Crippen molar-refractivity contribution in [2.75, 3.05) is 0 Å². The van der Waals surface area contributed by atoms with Gasteiger partial charge >= 0.3 is 0 Å². The molecule has 1 aromatic carbocycles. The SMILES string of the molecule is CCC/C=C\S(=O)(=O)c1ccc(C)cc1. The van der Waals surface area contributed by atoms with Gasteiger partial charge in [-0.15, -0.1) is 0 Å². The quantitative estimate of drug-likeness (QED) is 0.787. The fraction of sp³-hybridized carbons (Fsp3) is 0.333. The lowest BCUT2D eigenvalue weighted by molar-refractivity contribution is 0.604. The Labute approximate surface area is 91.6 Å². The molecule has 15 heavy (non-hydrogen) atoms. The van der Waals surface area contributed by atoms with Gasteiger partial charge in [-0.2, -0.15) is 0 Å². The number of allylic oxidation sites excluding steroid dienone is 1. The molecule has 0 fully saturated rings. The van der Waals surface area contributed by atoms with Crippen LogP contribution in [-0.2, 0) is 9.84 Å². The molecule has 82 valence electrons. The van der Waals surface area contributed by atoms with E-state index in [1.165, 1.54) is 5.41 Å². The van der Waals surface area contributed by atoms with Crippen LogP contribution < -0.4 is 0 Å². The van der Waals surface area contributed by atoms with Crippen LogP contribution in [0.15, 0.2) is 40.6 Å². The van der Waals surface area contributed by atoms with Crippen molar-refractivity contribution in [3.05, 3.63) is 41.3 Å². The van der Waals surface area contributed by atoms with E-state index in [4.69, 9.17) is 0 Å². The molecule has 0 aliphatic rings. The van der Waals surface area contributed by atoms with Crippen molar-refractivity contribution in [3.8, 4) is 0 Å². The Morgan fingerprint density at radius 3 is 2.33 bits per heavy atom. The molecule has 2 nitrogen and oxygen atoms in total. The van der Waals surface area contributed by atoms with E-state index in [1.54, 1.807) is 30.3 Å². The summed E-state index contributed by atoms with van der Waals surface area (Å²) < 4.78 is 23.5. The molecule has 1 aromatic rings. The second-order valence-electron chi connectivity index (χ2n) is 3.52. The van der Waals surface area contributed by atoms with Crippen molar-refractivity contribution < 1.29 is 8.42 Å². The summed E-state index contributed by atoms with van der Waals surface area (Å²) in [5.41, 5.74) is 1.06. The topological polar surface area (TPSA) is 34.1 Å². The maximum atomic E-state index is 11.7. The Bertz CT molecular complexity index is 427. The van der Waals surface area contributed by atoms with Crippen LogP contribution in [0.5, 0.6) is 0 Å². The molecule has 0 saturated heterocycles. The second-order valence-corrected chi connectivity index (χ2v) is 5.35. The van der Waals surface area contributed by atoms with Gasteiger partial charge in [0.05, 0.1) is 4.90 Å². The number of unbranched alkanes of at least 4 members (excludes halogenated alkanes) is 1. The van der Waals surface area contributed by atoms with Crippen molar-refractivity contribution in [1.29, 1.82) is 0 Å².